The highest BCUT2D eigenvalue weighted by Crippen LogP contribution is 2.22. The molecule has 1 aromatic carbocycles. The van der Waals surface area contributed by atoms with E-state index in [1.165, 1.54) is 19.4 Å². The van der Waals surface area contributed by atoms with Gasteiger partial charge in [-0.1, -0.05) is 12.2 Å². The van der Waals surface area contributed by atoms with E-state index >= 15 is 0 Å². The lowest BCUT2D eigenvalue weighted by Crippen LogP contribution is -2.48. The average Bonchev–Trinajstić information content (AvgIpc) is 2.93. The van der Waals surface area contributed by atoms with Crippen LogP contribution < -0.4 is 11.1 Å². The van der Waals surface area contributed by atoms with Crippen molar-refractivity contribution in [2.75, 3.05) is 31.6 Å². The molecule has 0 aliphatic carbocycles. The Balaban J connectivity index is 1.50. The second-order valence-electron chi connectivity index (χ2n) is 5.57. The van der Waals surface area contributed by atoms with Gasteiger partial charge in [-0.05, 0) is 43.7 Å². The molecular weight excluding hydrogens is 270 g/mol. The van der Waals surface area contributed by atoms with Crippen LogP contribution in [-0.4, -0.2) is 48.3 Å². The number of hydrogen-bond acceptors (Lipinski definition) is 4. The molecule has 2 saturated heterocycles. The lowest BCUT2D eigenvalue weighted by Gasteiger charge is -2.35. The number of nitrogens with zero attached hydrogens (tertiary/aromatic N) is 1. The predicted molar refractivity (Wildman–Crippen MR) is 85.2 cm³/mol. The highest BCUT2D eigenvalue weighted by Gasteiger charge is 2.31. The third-order valence-electron chi connectivity index (χ3n) is 4.16. The number of ether oxygens (including phenoxy) is 1. The molecule has 2 atom stereocenters. The van der Waals surface area contributed by atoms with Crippen molar-refractivity contribution in [2.24, 2.45) is 5.73 Å². The fourth-order valence-electron chi connectivity index (χ4n) is 2.99. The zero-order chi connectivity index (χ0) is 13.9. The summed E-state index contributed by atoms with van der Waals surface area (Å²) in [6.45, 7) is 4.00. The SMILES string of the molecule is NC(=S)c1ccc(NCC2CN3CCCC3CO2)cc1. The van der Waals surface area contributed by atoms with Gasteiger partial charge in [0.2, 0.25) is 0 Å². The van der Waals surface area contributed by atoms with Crippen molar-refractivity contribution >= 4 is 22.9 Å². The number of nitrogens with one attached hydrogen (secondary N) is 1. The van der Waals surface area contributed by atoms with E-state index in [0.717, 1.165) is 30.9 Å². The summed E-state index contributed by atoms with van der Waals surface area (Å²) in [6, 6.07) is 8.58. The van der Waals surface area contributed by atoms with Crippen LogP contribution in [-0.2, 0) is 4.74 Å². The van der Waals surface area contributed by atoms with Crippen LogP contribution >= 0.6 is 12.2 Å². The van der Waals surface area contributed by atoms with Gasteiger partial charge < -0.3 is 15.8 Å². The third-order valence-corrected chi connectivity index (χ3v) is 4.40. The maximum Gasteiger partial charge on any atom is 0.103 e. The predicted octanol–water partition coefficient (Wildman–Crippen LogP) is 1.60. The Hall–Kier alpha value is -1.17. The van der Waals surface area contributed by atoms with Crippen molar-refractivity contribution in [3.8, 4) is 0 Å². The summed E-state index contributed by atoms with van der Waals surface area (Å²) in [4.78, 5) is 3.00. The first-order valence-electron chi connectivity index (χ1n) is 7.22. The smallest absolute Gasteiger partial charge is 0.103 e. The van der Waals surface area contributed by atoms with Crippen molar-refractivity contribution in [2.45, 2.75) is 25.0 Å². The Morgan fingerprint density at radius 3 is 2.95 bits per heavy atom. The molecule has 3 N–H and O–H groups in total. The van der Waals surface area contributed by atoms with Crippen LogP contribution in [0.3, 0.4) is 0 Å². The summed E-state index contributed by atoms with van der Waals surface area (Å²) >= 11 is 4.95. The molecule has 2 fully saturated rings. The number of rotatable bonds is 4. The van der Waals surface area contributed by atoms with Gasteiger partial charge in [-0.25, -0.2) is 0 Å². The van der Waals surface area contributed by atoms with E-state index < -0.39 is 0 Å². The Morgan fingerprint density at radius 2 is 2.20 bits per heavy atom. The van der Waals surface area contributed by atoms with Gasteiger partial charge in [0.25, 0.3) is 0 Å². The summed E-state index contributed by atoms with van der Waals surface area (Å²) in [5.41, 5.74) is 7.57. The van der Waals surface area contributed by atoms with Crippen LogP contribution in [0.5, 0.6) is 0 Å². The van der Waals surface area contributed by atoms with E-state index in [1.54, 1.807) is 0 Å². The zero-order valence-corrected chi connectivity index (χ0v) is 12.4. The van der Waals surface area contributed by atoms with Crippen LogP contribution in [0.2, 0.25) is 0 Å². The maximum absolute atomic E-state index is 5.93. The minimum absolute atomic E-state index is 0.277. The zero-order valence-electron chi connectivity index (χ0n) is 11.5. The van der Waals surface area contributed by atoms with Gasteiger partial charge in [-0.15, -0.1) is 0 Å². The molecule has 2 heterocycles. The molecule has 0 radical (unpaired) electrons. The third kappa shape index (κ3) is 3.11. The normalized spacial score (nSPS) is 26.2. The second-order valence-corrected chi connectivity index (χ2v) is 6.01. The Kier molecular flexibility index (Phi) is 4.19. The van der Waals surface area contributed by atoms with E-state index in [9.17, 15) is 0 Å². The van der Waals surface area contributed by atoms with Gasteiger partial charge in [-0.2, -0.15) is 0 Å². The molecule has 2 aliphatic rings. The van der Waals surface area contributed by atoms with Crippen LogP contribution in [0, 0.1) is 0 Å². The van der Waals surface area contributed by atoms with Crippen molar-refractivity contribution in [1.29, 1.82) is 0 Å². The maximum atomic E-state index is 5.93. The van der Waals surface area contributed by atoms with Crippen LogP contribution in [0.25, 0.3) is 0 Å². The summed E-state index contributed by atoms with van der Waals surface area (Å²) < 4.78 is 5.93. The van der Waals surface area contributed by atoms with Crippen molar-refractivity contribution in [3.63, 3.8) is 0 Å². The van der Waals surface area contributed by atoms with E-state index in [1.807, 2.05) is 24.3 Å². The van der Waals surface area contributed by atoms with Gasteiger partial charge in [-0.3, -0.25) is 4.90 Å². The van der Waals surface area contributed by atoms with Gasteiger partial charge in [0.15, 0.2) is 0 Å². The molecule has 2 aliphatic heterocycles. The molecule has 2 unspecified atom stereocenters. The number of fused-ring (bicyclic) bond motifs is 1. The highest BCUT2D eigenvalue weighted by atomic mass is 32.1. The van der Waals surface area contributed by atoms with Crippen LogP contribution in [0.4, 0.5) is 5.69 Å². The summed E-state index contributed by atoms with van der Waals surface area (Å²) in [7, 11) is 0. The summed E-state index contributed by atoms with van der Waals surface area (Å²) in [5, 5.41) is 3.42. The largest absolute Gasteiger partial charge is 0.389 e. The van der Waals surface area contributed by atoms with Crippen LogP contribution in [0.15, 0.2) is 24.3 Å². The van der Waals surface area contributed by atoms with Gasteiger partial charge in [0.1, 0.15) is 4.99 Å². The van der Waals surface area contributed by atoms with Crippen molar-refractivity contribution < 1.29 is 4.74 Å². The van der Waals surface area contributed by atoms with E-state index in [2.05, 4.69) is 10.2 Å². The molecular formula is C15H21N3OS. The van der Waals surface area contributed by atoms with E-state index in [-0.39, 0.29) is 6.10 Å². The Morgan fingerprint density at radius 1 is 1.40 bits per heavy atom. The average molecular weight is 291 g/mol. The number of hydrogen-bond donors (Lipinski definition) is 2. The number of anilines is 1. The van der Waals surface area contributed by atoms with Crippen molar-refractivity contribution in [3.05, 3.63) is 29.8 Å². The number of thiocarbonyl (C=S) groups is 1. The number of nitrogens with two attached hydrogens (primary N) is 1. The highest BCUT2D eigenvalue weighted by molar-refractivity contribution is 7.80. The van der Waals surface area contributed by atoms with Gasteiger partial charge in [0.05, 0.1) is 12.7 Å². The van der Waals surface area contributed by atoms with Gasteiger partial charge in [0, 0.05) is 30.4 Å². The number of benzene rings is 1. The molecule has 0 aromatic heterocycles. The summed E-state index contributed by atoms with van der Waals surface area (Å²) in [6.07, 6.45) is 2.88. The fourth-order valence-corrected chi connectivity index (χ4v) is 3.13. The quantitative estimate of drug-likeness (QED) is 0.825. The van der Waals surface area contributed by atoms with Crippen molar-refractivity contribution in [1.82, 2.24) is 4.90 Å². The minimum Gasteiger partial charge on any atom is -0.389 e. The molecule has 5 heteroatoms. The molecule has 0 amide bonds. The Bertz CT molecular complexity index is 477. The minimum atomic E-state index is 0.277. The van der Waals surface area contributed by atoms with E-state index in [4.69, 9.17) is 22.7 Å². The monoisotopic (exact) mass is 291 g/mol. The lowest BCUT2D eigenvalue weighted by atomic mass is 10.1. The first-order valence-corrected chi connectivity index (χ1v) is 7.62. The topological polar surface area (TPSA) is 50.5 Å². The molecule has 20 heavy (non-hydrogen) atoms. The van der Waals surface area contributed by atoms with Crippen LogP contribution in [0.1, 0.15) is 18.4 Å². The summed E-state index contributed by atoms with van der Waals surface area (Å²) in [5.74, 6) is 0. The molecule has 108 valence electrons. The standard InChI is InChI=1S/C15H21N3OS/c16-15(20)11-3-5-12(6-4-11)17-8-14-9-18-7-1-2-13(18)10-19-14/h3-6,13-14,17H,1-2,7-10H2,(H2,16,20). The number of morpholine rings is 1. The molecule has 1 aromatic rings. The molecule has 4 nitrogen and oxygen atoms in total. The first-order chi connectivity index (χ1) is 9.72. The van der Waals surface area contributed by atoms with E-state index in [0.29, 0.717) is 11.0 Å². The molecule has 0 spiro atoms. The Labute approximate surface area is 125 Å². The second kappa shape index (κ2) is 6.08. The molecule has 0 bridgehead atoms. The first kappa shape index (κ1) is 13.8. The molecule has 0 saturated carbocycles. The molecule has 3 rings (SSSR count). The fraction of sp³-hybridized carbons (Fsp3) is 0.533. The van der Waals surface area contributed by atoms with Gasteiger partial charge >= 0.3 is 0 Å². The lowest BCUT2D eigenvalue weighted by molar-refractivity contribution is -0.0415.